The van der Waals surface area contributed by atoms with E-state index in [0.29, 0.717) is 0 Å². The molecule has 0 saturated heterocycles. The molecule has 1 aliphatic carbocycles. The van der Waals surface area contributed by atoms with Crippen LogP contribution in [0.15, 0.2) is 22.9 Å². The SMILES string of the molecule is CCOC1=C(F)C(F)=C(B(O)O)CC1. The molecular formula is C8H11BF2O3. The van der Waals surface area contributed by atoms with E-state index in [1.54, 1.807) is 6.92 Å². The molecule has 0 radical (unpaired) electrons. The van der Waals surface area contributed by atoms with E-state index in [4.69, 9.17) is 14.8 Å². The predicted octanol–water partition coefficient (Wildman–Crippen LogP) is 1.23. The van der Waals surface area contributed by atoms with Crippen LogP contribution in [0, 0.1) is 0 Å². The smallest absolute Gasteiger partial charge is 0.487 e. The van der Waals surface area contributed by atoms with Crippen molar-refractivity contribution in [3.05, 3.63) is 22.9 Å². The van der Waals surface area contributed by atoms with E-state index in [9.17, 15) is 8.78 Å². The van der Waals surface area contributed by atoms with Crippen molar-refractivity contribution in [1.29, 1.82) is 0 Å². The van der Waals surface area contributed by atoms with Gasteiger partial charge in [-0.1, -0.05) is 0 Å². The predicted molar refractivity (Wildman–Crippen MR) is 47.3 cm³/mol. The summed E-state index contributed by atoms with van der Waals surface area (Å²) in [5.41, 5.74) is -0.328. The second-order valence-electron chi connectivity index (χ2n) is 2.88. The number of allylic oxidation sites excluding steroid dienone is 4. The molecule has 0 amide bonds. The summed E-state index contributed by atoms with van der Waals surface area (Å²) >= 11 is 0. The zero-order valence-electron chi connectivity index (χ0n) is 7.76. The van der Waals surface area contributed by atoms with Gasteiger partial charge in [0.05, 0.1) is 6.61 Å². The molecule has 78 valence electrons. The van der Waals surface area contributed by atoms with Crippen LogP contribution >= 0.6 is 0 Å². The van der Waals surface area contributed by atoms with Crippen LogP contribution in [0.25, 0.3) is 0 Å². The van der Waals surface area contributed by atoms with Gasteiger partial charge in [-0.15, -0.1) is 0 Å². The second-order valence-corrected chi connectivity index (χ2v) is 2.88. The van der Waals surface area contributed by atoms with Crippen molar-refractivity contribution in [2.45, 2.75) is 19.8 Å². The minimum Gasteiger partial charge on any atom is -0.495 e. The summed E-state index contributed by atoms with van der Waals surface area (Å²) in [5.74, 6) is -2.40. The highest BCUT2D eigenvalue weighted by molar-refractivity contribution is 6.51. The fraction of sp³-hybridized carbons (Fsp3) is 0.500. The van der Waals surface area contributed by atoms with Crippen molar-refractivity contribution in [2.24, 2.45) is 0 Å². The van der Waals surface area contributed by atoms with Crippen molar-refractivity contribution in [3.63, 3.8) is 0 Å². The Kier molecular flexibility index (Phi) is 3.65. The maximum absolute atomic E-state index is 13.1. The minimum absolute atomic E-state index is 0.0607. The van der Waals surface area contributed by atoms with Gasteiger partial charge in [0.15, 0.2) is 11.7 Å². The molecule has 2 N–H and O–H groups in total. The molecule has 1 rings (SSSR count). The lowest BCUT2D eigenvalue weighted by Crippen LogP contribution is -2.20. The van der Waals surface area contributed by atoms with Crippen LogP contribution in [-0.2, 0) is 4.74 Å². The van der Waals surface area contributed by atoms with Gasteiger partial charge in [0.25, 0.3) is 0 Å². The third-order valence-corrected chi connectivity index (χ3v) is 1.97. The van der Waals surface area contributed by atoms with E-state index in [1.807, 2.05) is 0 Å². The first-order chi connectivity index (χ1) is 6.57. The van der Waals surface area contributed by atoms with E-state index >= 15 is 0 Å². The van der Waals surface area contributed by atoms with Crippen molar-refractivity contribution < 1.29 is 23.6 Å². The van der Waals surface area contributed by atoms with Crippen LogP contribution in [0.2, 0.25) is 0 Å². The van der Waals surface area contributed by atoms with Crippen LogP contribution in [-0.4, -0.2) is 23.8 Å². The summed E-state index contributed by atoms with van der Waals surface area (Å²) in [6.07, 6.45) is 0.215. The van der Waals surface area contributed by atoms with E-state index in [-0.39, 0.29) is 30.7 Å². The molecule has 3 nitrogen and oxygen atoms in total. The zero-order chi connectivity index (χ0) is 10.7. The van der Waals surface area contributed by atoms with E-state index in [0.717, 1.165) is 0 Å². The van der Waals surface area contributed by atoms with E-state index < -0.39 is 18.8 Å². The fourth-order valence-corrected chi connectivity index (χ4v) is 1.28. The van der Waals surface area contributed by atoms with Gasteiger partial charge < -0.3 is 14.8 Å². The van der Waals surface area contributed by atoms with Crippen molar-refractivity contribution >= 4 is 7.12 Å². The molecular weight excluding hydrogens is 193 g/mol. The fourth-order valence-electron chi connectivity index (χ4n) is 1.28. The number of rotatable bonds is 3. The number of hydrogen-bond acceptors (Lipinski definition) is 3. The van der Waals surface area contributed by atoms with Gasteiger partial charge in [0.2, 0.25) is 0 Å². The first-order valence-corrected chi connectivity index (χ1v) is 4.34. The van der Waals surface area contributed by atoms with Crippen molar-refractivity contribution in [3.8, 4) is 0 Å². The summed E-state index contributed by atoms with van der Waals surface area (Å²) in [5, 5.41) is 17.4. The van der Waals surface area contributed by atoms with Gasteiger partial charge in [-0.25, -0.2) is 8.78 Å². The third kappa shape index (κ3) is 2.13. The lowest BCUT2D eigenvalue weighted by atomic mass is 9.74. The standard InChI is InChI=1S/C8H11BF2O3/c1-2-14-6-4-3-5(9(12)13)7(10)8(6)11/h12-13H,2-4H2,1H3. The molecule has 0 aromatic rings. The summed E-state index contributed by atoms with van der Waals surface area (Å²) < 4.78 is 31.1. The molecule has 0 bridgehead atoms. The van der Waals surface area contributed by atoms with Crippen molar-refractivity contribution in [2.75, 3.05) is 6.61 Å². The topological polar surface area (TPSA) is 49.7 Å². The van der Waals surface area contributed by atoms with Gasteiger partial charge in [0.1, 0.15) is 5.76 Å². The van der Waals surface area contributed by atoms with Crippen LogP contribution in [0.4, 0.5) is 8.78 Å². The maximum atomic E-state index is 13.1. The third-order valence-electron chi connectivity index (χ3n) is 1.97. The van der Waals surface area contributed by atoms with E-state index in [1.165, 1.54) is 0 Å². The molecule has 0 saturated carbocycles. The van der Waals surface area contributed by atoms with Gasteiger partial charge >= 0.3 is 7.12 Å². The summed E-state index contributed by atoms with van der Waals surface area (Å²) in [7, 11) is -1.94. The van der Waals surface area contributed by atoms with Crippen LogP contribution in [0.5, 0.6) is 0 Å². The molecule has 0 aromatic carbocycles. The molecule has 1 aliphatic rings. The normalized spacial score (nSPS) is 17.5. The highest BCUT2D eigenvalue weighted by Gasteiger charge is 2.29. The number of ether oxygens (including phenoxy) is 1. The van der Waals surface area contributed by atoms with Gasteiger partial charge in [-0.2, -0.15) is 0 Å². The Labute approximate surface area is 80.8 Å². The number of halogens is 2. The van der Waals surface area contributed by atoms with E-state index in [2.05, 4.69) is 0 Å². The summed E-state index contributed by atoms with van der Waals surface area (Å²) in [4.78, 5) is 0. The van der Waals surface area contributed by atoms with Crippen LogP contribution < -0.4 is 0 Å². The molecule has 0 aliphatic heterocycles. The van der Waals surface area contributed by atoms with Gasteiger partial charge in [0, 0.05) is 6.42 Å². The highest BCUT2D eigenvalue weighted by atomic mass is 19.2. The monoisotopic (exact) mass is 204 g/mol. The van der Waals surface area contributed by atoms with Crippen LogP contribution in [0.1, 0.15) is 19.8 Å². The Morgan fingerprint density at radius 1 is 1.29 bits per heavy atom. The molecule has 0 spiro atoms. The Morgan fingerprint density at radius 2 is 1.93 bits per heavy atom. The Hall–Kier alpha value is -0.875. The highest BCUT2D eigenvalue weighted by Crippen LogP contribution is 2.32. The van der Waals surface area contributed by atoms with Gasteiger partial charge in [-0.3, -0.25) is 0 Å². The lowest BCUT2D eigenvalue weighted by Gasteiger charge is -2.17. The molecule has 0 aromatic heterocycles. The molecule has 0 heterocycles. The summed E-state index contributed by atoms with van der Waals surface area (Å²) in [6, 6.07) is 0. The first kappa shape index (κ1) is 11.2. The molecule has 0 fully saturated rings. The first-order valence-electron chi connectivity index (χ1n) is 4.34. The quantitative estimate of drug-likeness (QED) is 0.679. The molecule has 0 unspecified atom stereocenters. The largest absolute Gasteiger partial charge is 0.495 e. The van der Waals surface area contributed by atoms with Crippen molar-refractivity contribution in [1.82, 2.24) is 0 Å². The Bertz CT molecular complexity index is 286. The Balaban J connectivity index is 2.94. The van der Waals surface area contributed by atoms with Gasteiger partial charge in [-0.05, 0) is 18.8 Å². The molecule has 6 heteroatoms. The lowest BCUT2D eigenvalue weighted by molar-refractivity contribution is 0.202. The maximum Gasteiger partial charge on any atom is 0.487 e. The number of hydrogen-bond donors (Lipinski definition) is 2. The molecule has 14 heavy (non-hydrogen) atoms. The average molecular weight is 204 g/mol. The Morgan fingerprint density at radius 3 is 2.43 bits per heavy atom. The zero-order valence-corrected chi connectivity index (χ0v) is 7.76. The summed E-state index contributed by atoms with van der Waals surface area (Å²) in [6.45, 7) is 1.92. The minimum atomic E-state index is -1.94. The van der Waals surface area contributed by atoms with Crippen LogP contribution in [0.3, 0.4) is 0 Å². The average Bonchev–Trinajstić information content (AvgIpc) is 2.13. The second kappa shape index (κ2) is 4.57. The molecule has 0 atom stereocenters.